The fourth-order valence-corrected chi connectivity index (χ4v) is 7.22. The smallest absolute Gasteiger partial charge is 0.410 e. The van der Waals surface area contributed by atoms with E-state index < -0.39 is 27.6 Å². The number of piperazine rings is 1. The van der Waals surface area contributed by atoms with Crippen molar-refractivity contribution in [3.8, 4) is 23.1 Å². The second-order valence-corrected chi connectivity index (χ2v) is 13.5. The van der Waals surface area contributed by atoms with E-state index in [2.05, 4.69) is 40.3 Å². The number of ether oxygens (including phenoxy) is 2. The van der Waals surface area contributed by atoms with Gasteiger partial charge in [-0.25, -0.2) is 18.2 Å². The van der Waals surface area contributed by atoms with Crippen molar-refractivity contribution >= 4 is 21.7 Å². The molecule has 1 aromatic heterocycles. The lowest BCUT2D eigenvalue weighted by atomic mass is 9.83. The molecule has 2 aliphatic heterocycles. The number of hydrogen-bond donors (Lipinski definition) is 0. The lowest BCUT2D eigenvalue weighted by Crippen LogP contribution is -2.55. The zero-order chi connectivity index (χ0) is 31.2. The van der Waals surface area contributed by atoms with Crippen LogP contribution in [0.4, 0.5) is 10.6 Å². The van der Waals surface area contributed by atoms with Crippen molar-refractivity contribution in [3.05, 3.63) is 101 Å². The minimum absolute atomic E-state index is 0.0797. The summed E-state index contributed by atoms with van der Waals surface area (Å²) in [7, 11) is -3.80. The average Bonchev–Trinajstić information content (AvgIpc) is 3.32. The summed E-state index contributed by atoms with van der Waals surface area (Å²) in [5.41, 5.74) is 4.99. The molecule has 1 amide bonds. The fourth-order valence-electron chi connectivity index (χ4n) is 6.72. The molecule has 11 heteroatoms. The number of fused-ring (bicyclic) bond motifs is 6. The van der Waals surface area contributed by atoms with Crippen LogP contribution >= 0.6 is 0 Å². The minimum Gasteiger partial charge on any atom is -0.461 e. The molecule has 3 heterocycles. The molecule has 0 bridgehead atoms. The van der Waals surface area contributed by atoms with Crippen molar-refractivity contribution in [1.29, 1.82) is 5.26 Å². The van der Waals surface area contributed by atoms with E-state index in [1.165, 1.54) is 0 Å². The number of amides is 1. The summed E-state index contributed by atoms with van der Waals surface area (Å²) < 4.78 is 38.1. The van der Waals surface area contributed by atoms with Gasteiger partial charge in [0.1, 0.15) is 12.4 Å². The van der Waals surface area contributed by atoms with E-state index in [1.54, 1.807) is 4.90 Å². The van der Waals surface area contributed by atoms with E-state index in [-0.39, 0.29) is 37.2 Å². The molecule has 1 saturated heterocycles. The summed E-state index contributed by atoms with van der Waals surface area (Å²) in [4.78, 5) is 25.7. The molecular formula is C34H31N5O5S. The first-order valence-corrected chi connectivity index (χ1v) is 16.8. The van der Waals surface area contributed by atoms with Gasteiger partial charge in [-0.2, -0.15) is 10.2 Å². The maximum absolute atomic E-state index is 13.1. The molecule has 0 unspecified atom stereocenters. The van der Waals surface area contributed by atoms with Crippen LogP contribution in [0.1, 0.15) is 35.1 Å². The number of benzene rings is 3. The molecule has 0 radical (unpaired) electrons. The third kappa shape index (κ3) is 5.05. The van der Waals surface area contributed by atoms with Gasteiger partial charge in [-0.15, -0.1) is 0 Å². The van der Waals surface area contributed by atoms with Gasteiger partial charge in [0.05, 0.1) is 24.1 Å². The van der Waals surface area contributed by atoms with Gasteiger partial charge < -0.3 is 19.3 Å². The maximum Gasteiger partial charge on any atom is 0.410 e. The van der Waals surface area contributed by atoms with Crippen LogP contribution in [0.2, 0.25) is 0 Å². The number of carbonyl (C=O) groups excluding carboxylic acids is 1. The topological polar surface area (TPSA) is 126 Å². The standard InChI is InChI=1S/C34H31N5O5S/c1-45(41,42)32-36-30(38-19-20-39(24(21-38)16-18-35)33(40)43-22-23-9-3-2-4-10-23)27-15-17-34(44-31(27)37-32)28-13-7-5-11-25(28)26-12-6-8-14-29(26)34/h2-14,24H,15-17,19-22H2,1H3/t24-/m0/s1. The Hall–Kier alpha value is -4.95. The Kier molecular flexibility index (Phi) is 7.17. The van der Waals surface area contributed by atoms with Crippen molar-refractivity contribution in [2.24, 2.45) is 0 Å². The van der Waals surface area contributed by atoms with Crippen LogP contribution in [0, 0.1) is 11.3 Å². The van der Waals surface area contributed by atoms with Gasteiger partial charge >= 0.3 is 6.09 Å². The number of hydrogen-bond acceptors (Lipinski definition) is 9. The molecule has 0 N–H and O–H groups in total. The Morgan fingerprint density at radius 1 is 1.00 bits per heavy atom. The number of rotatable bonds is 5. The van der Waals surface area contributed by atoms with Crippen LogP contribution in [-0.4, -0.2) is 61.3 Å². The Balaban J connectivity index is 1.22. The SMILES string of the molecule is CS(=O)(=O)c1nc2c(c(N3CCN(C(=O)OCc4ccccc4)[C@@H](CC#N)C3)n1)CCC1(O2)c2ccccc2-c2ccccc21. The summed E-state index contributed by atoms with van der Waals surface area (Å²) in [5, 5.41) is 9.31. The quantitative estimate of drug-likeness (QED) is 0.287. The van der Waals surface area contributed by atoms with Gasteiger partial charge in [0, 0.05) is 43.4 Å². The molecule has 0 saturated carbocycles. The van der Waals surface area contributed by atoms with Crippen molar-refractivity contribution in [1.82, 2.24) is 14.9 Å². The molecule has 1 fully saturated rings. The predicted octanol–water partition coefficient (Wildman–Crippen LogP) is 4.87. The number of carbonyl (C=O) groups is 1. The normalized spacial score (nSPS) is 17.9. The lowest BCUT2D eigenvalue weighted by molar-refractivity contribution is 0.0755. The van der Waals surface area contributed by atoms with Gasteiger partial charge in [-0.1, -0.05) is 78.9 Å². The van der Waals surface area contributed by atoms with E-state index in [0.717, 1.165) is 34.1 Å². The second-order valence-electron chi connectivity index (χ2n) is 11.6. The number of aromatic nitrogens is 2. The predicted molar refractivity (Wildman–Crippen MR) is 166 cm³/mol. The highest BCUT2D eigenvalue weighted by Gasteiger charge is 2.49. The summed E-state index contributed by atoms with van der Waals surface area (Å²) >= 11 is 0. The zero-order valence-electron chi connectivity index (χ0n) is 24.7. The van der Waals surface area contributed by atoms with Crippen LogP contribution in [-0.2, 0) is 33.2 Å². The van der Waals surface area contributed by atoms with Gasteiger partial charge in [-0.3, -0.25) is 0 Å². The molecule has 3 aromatic carbocycles. The number of sulfone groups is 1. The maximum atomic E-state index is 13.1. The number of anilines is 1. The third-order valence-electron chi connectivity index (χ3n) is 8.82. The first kappa shape index (κ1) is 28.8. The Morgan fingerprint density at radius 3 is 2.33 bits per heavy atom. The summed E-state index contributed by atoms with van der Waals surface area (Å²) in [6.07, 6.45) is 1.81. The molecule has 7 rings (SSSR count). The van der Waals surface area contributed by atoms with E-state index in [0.29, 0.717) is 30.8 Å². The summed E-state index contributed by atoms with van der Waals surface area (Å²) in [6.45, 7) is 1.05. The minimum atomic E-state index is -3.80. The van der Waals surface area contributed by atoms with Crippen molar-refractivity contribution in [3.63, 3.8) is 0 Å². The Labute approximate surface area is 261 Å². The third-order valence-corrected chi connectivity index (χ3v) is 9.67. The molecule has 45 heavy (non-hydrogen) atoms. The largest absolute Gasteiger partial charge is 0.461 e. The number of nitrogens with zero attached hydrogens (tertiary/aromatic N) is 5. The Bertz CT molecular complexity index is 1900. The van der Waals surface area contributed by atoms with Crippen molar-refractivity contribution < 1.29 is 22.7 Å². The molecule has 3 aliphatic rings. The van der Waals surface area contributed by atoms with Gasteiger partial charge in [0.15, 0.2) is 5.60 Å². The van der Waals surface area contributed by atoms with E-state index >= 15 is 0 Å². The number of nitriles is 1. The lowest BCUT2D eigenvalue weighted by Gasteiger charge is -2.42. The van der Waals surface area contributed by atoms with Crippen LogP contribution in [0.5, 0.6) is 5.88 Å². The van der Waals surface area contributed by atoms with E-state index in [1.807, 2.05) is 59.5 Å². The molecule has 1 aliphatic carbocycles. The van der Waals surface area contributed by atoms with Crippen molar-refractivity contribution in [2.45, 2.75) is 42.7 Å². The highest BCUT2D eigenvalue weighted by atomic mass is 32.2. The Morgan fingerprint density at radius 2 is 1.67 bits per heavy atom. The van der Waals surface area contributed by atoms with Crippen LogP contribution < -0.4 is 9.64 Å². The fraction of sp³-hybridized carbons (Fsp3) is 0.294. The van der Waals surface area contributed by atoms with Crippen molar-refractivity contribution in [2.75, 3.05) is 30.8 Å². The van der Waals surface area contributed by atoms with Gasteiger partial charge in [-0.05, 0) is 23.1 Å². The van der Waals surface area contributed by atoms with Crippen LogP contribution in [0.25, 0.3) is 11.1 Å². The highest BCUT2D eigenvalue weighted by molar-refractivity contribution is 7.90. The molecule has 1 spiro atoms. The van der Waals surface area contributed by atoms with Gasteiger partial charge in [0.25, 0.3) is 5.16 Å². The highest BCUT2D eigenvalue weighted by Crippen LogP contribution is 2.54. The first-order valence-electron chi connectivity index (χ1n) is 14.9. The molecule has 228 valence electrons. The summed E-state index contributed by atoms with van der Waals surface area (Å²) in [6, 6.07) is 27.4. The zero-order valence-corrected chi connectivity index (χ0v) is 25.5. The average molecular weight is 622 g/mol. The first-order chi connectivity index (χ1) is 21.8. The van der Waals surface area contributed by atoms with Crippen LogP contribution in [0.15, 0.2) is 84.0 Å². The van der Waals surface area contributed by atoms with E-state index in [4.69, 9.17) is 9.47 Å². The van der Waals surface area contributed by atoms with Crippen LogP contribution in [0.3, 0.4) is 0 Å². The molecule has 10 nitrogen and oxygen atoms in total. The summed E-state index contributed by atoms with van der Waals surface area (Å²) in [5.74, 6) is 0.690. The molecular weight excluding hydrogens is 590 g/mol. The second kappa shape index (κ2) is 11.2. The molecule has 1 atom stereocenters. The van der Waals surface area contributed by atoms with Gasteiger partial charge in [0.2, 0.25) is 15.7 Å². The monoisotopic (exact) mass is 621 g/mol. The van der Waals surface area contributed by atoms with E-state index in [9.17, 15) is 18.5 Å². The molecule has 4 aromatic rings.